The largest absolute Gasteiger partial charge is 0.492 e. The van der Waals surface area contributed by atoms with Crippen molar-refractivity contribution in [2.24, 2.45) is 0 Å². The first-order chi connectivity index (χ1) is 11.7. The molecule has 0 unspecified atom stereocenters. The number of anilines is 1. The normalized spacial score (nSPS) is 10.4. The van der Waals surface area contributed by atoms with Gasteiger partial charge in [-0.2, -0.15) is 0 Å². The maximum atomic E-state index is 12.6. The second-order valence-corrected chi connectivity index (χ2v) is 6.42. The molecule has 3 aromatic rings. The van der Waals surface area contributed by atoms with Gasteiger partial charge in [-0.05, 0) is 43.2 Å². The molecule has 0 aliphatic rings. The van der Waals surface area contributed by atoms with E-state index >= 15 is 0 Å². The Balaban J connectivity index is 1.84. The highest BCUT2D eigenvalue weighted by molar-refractivity contribution is 7.17. The highest BCUT2D eigenvalue weighted by Crippen LogP contribution is 2.33. The van der Waals surface area contributed by atoms with E-state index < -0.39 is 0 Å². The van der Waals surface area contributed by atoms with Crippen molar-refractivity contribution in [2.45, 2.75) is 13.8 Å². The van der Waals surface area contributed by atoms with E-state index in [-0.39, 0.29) is 5.91 Å². The molecule has 2 aromatic carbocycles. The number of nitrogens with one attached hydrogen (secondary N) is 1. The van der Waals surface area contributed by atoms with E-state index in [2.05, 4.69) is 17.4 Å². The number of benzene rings is 2. The molecule has 0 spiro atoms. The fourth-order valence-electron chi connectivity index (χ4n) is 2.51. The molecular formula is C20H19NO2S. The van der Waals surface area contributed by atoms with E-state index in [1.54, 1.807) is 0 Å². The average Bonchev–Trinajstić information content (AvgIpc) is 3.00. The molecule has 0 radical (unpaired) electrons. The summed E-state index contributed by atoms with van der Waals surface area (Å²) in [5.41, 5.74) is 2.93. The van der Waals surface area contributed by atoms with Gasteiger partial charge in [-0.25, -0.2) is 0 Å². The van der Waals surface area contributed by atoms with E-state index in [1.165, 1.54) is 11.3 Å². The molecule has 1 N–H and O–H groups in total. The number of aryl methyl sites for hydroxylation is 1. The van der Waals surface area contributed by atoms with Crippen molar-refractivity contribution in [3.05, 3.63) is 71.1 Å². The fourth-order valence-corrected chi connectivity index (χ4v) is 3.58. The summed E-state index contributed by atoms with van der Waals surface area (Å²) < 4.78 is 5.56. The second-order valence-electron chi connectivity index (χ2n) is 5.37. The lowest BCUT2D eigenvalue weighted by Gasteiger charge is -2.10. The number of carbonyl (C=O) groups excluding carboxylic acids is 1. The fraction of sp³-hybridized carbons (Fsp3) is 0.150. The van der Waals surface area contributed by atoms with E-state index in [0.717, 1.165) is 16.0 Å². The second kappa shape index (κ2) is 7.32. The highest BCUT2D eigenvalue weighted by atomic mass is 32.1. The highest BCUT2D eigenvalue weighted by Gasteiger charge is 2.15. The van der Waals surface area contributed by atoms with Crippen molar-refractivity contribution in [2.75, 3.05) is 11.9 Å². The molecule has 0 saturated heterocycles. The van der Waals surface area contributed by atoms with Crippen molar-refractivity contribution in [1.29, 1.82) is 0 Å². The summed E-state index contributed by atoms with van der Waals surface area (Å²) in [7, 11) is 0. The molecule has 122 valence electrons. The van der Waals surface area contributed by atoms with Gasteiger partial charge in [0.25, 0.3) is 5.91 Å². The van der Waals surface area contributed by atoms with Crippen LogP contribution in [0.4, 0.5) is 5.69 Å². The Morgan fingerprint density at radius 1 is 1.08 bits per heavy atom. The third kappa shape index (κ3) is 3.49. The van der Waals surface area contributed by atoms with E-state index in [1.807, 2.05) is 62.4 Å². The SMILES string of the molecule is CCOc1ccccc1NC(=O)c1cc(C)c(-c2ccccc2)s1. The van der Waals surface area contributed by atoms with Gasteiger partial charge in [-0.15, -0.1) is 11.3 Å². The monoisotopic (exact) mass is 337 g/mol. The van der Waals surface area contributed by atoms with Crippen LogP contribution in [0, 0.1) is 6.92 Å². The summed E-state index contributed by atoms with van der Waals surface area (Å²) in [5, 5.41) is 2.95. The number of hydrogen-bond acceptors (Lipinski definition) is 3. The Kier molecular flexibility index (Phi) is 4.96. The zero-order valence-electron chi connectivity index (χ0n) is 13.7. The molecule has 0 saturated carbocycles. The molecule has 1 heterocycles. The van der Waals surface area contributed by atoms with Gasteiger partial charge in [-0.3, -0.25) is 4.79 Å². The smallest absolute Gasteiger partial charge is 0.265 e. The number of carbonyl (C=O) groups is 1. The quantitative estimate of drug-likeness (QED) is 0.679. The van der Waals surface area contributed by atoms with Crippen LogP contribution in [0.25, 0.3) is 10.4 Å². The van der Waals surface area contributed by atoms with Crippen LogP contribution in [0.1, 0.15) is 22.2 Å². The summed E-state index contributed by atoms with van der Waals surface area (Å²) in [6, 6.07) is 19.5. The van der Waals surface area contributed by atoms with Crippen LogP contribution in [-0.4, -0.2) is 12.5 Å². The van der Waals surface area contributed by atoms with Gasteiger partial charge >= 0.3 is 0 Å². The molecule has 0 aliphatic heterocycles. The minimum absolute atomic E-state index is 0.113. The van der Waals surface area contributed by atoms with Crippen molar-refractivity contribution in [3.63, 3.8) is 0 Å². The first-order valence-corrected chi connectivity index (χ1v) is 8.69. The minimum Gasteiger partial charge on any atom is -0.492 e. The number of amides is 1. The Hall–Kier alpha value is -2.59. The zero-order chi connectivity index (χ0) is 16.9. The standard InChI is InChI=1S/C20H19NO2S/c1-3-23-17-12-8-7-11-16(17)21-20(22)18-13-14(2)19(24-18)15-9-5-4-6-10-15/h4-13H,3H2,1-2H3,(H,21,22). The lowest BCUT2D eigenvalue weighted by atomic mass is 10.1. The molecule has 0 atom stereocenters. The molecule has 3 rings (SSSR count). The molecule has 24 heavy (non-hydrogen) atoms. The van der Waals surface area contributed by atoms with Gasteiger partial charge in [0, 0.05) is 4.88 Å². The van der Waals surface area contributed by atoms with Gasteiger partial charge in [0.15, 0.2) is 0 Å². The van der Waals surface area contributed by atoms with E-state index in [0.29, 0.717) is 22.9 Å². The van der Waals surface area contributed by atoms with Crippen LogP contribution in [0.15, 0.2) is 60.7 Å². The number of para-hydroxylation sites is 2. The molecule has 3 nitrogen and oxygen atoms in total. The summed E-state index contributed by atoms with van der Waals surface area (Å²) in [6.45, 7) is 4.51. The number of hydrogen-bond donors (Lipinski definition) is 1. The number of rotatable bonds is 5. The van der Waals surface area contributed by atoms with Gasteiger partial charge < -0.3 is 10.1 Å². The van der Waals surface area contributed by atoms with E-state index in [4.69, 9.17) is 4.74 Å². The maximum absolute atomic E-state index is 12.6. The van der Waals surface area contributed by atoms with Crippen molar-refractivity contribution < 1.29 is 9.53 Å². The molecular weight excluding hydrogens is 318 g/mol. The Morgan fingerprint density at radius 3 is 2.54 bits per heavy atom. The first-order valence-electron chi connectivity index (χ1n) is 7.88. The third-order valence-electron chi connectivity index (χ3n) is 3.61. The summed E-state index contributed by atoms with van der Waals surface area (Å²) >= 11 is 1.51. The van der Waals surface area contributed by atoms with Gasteiger partial charge in [0.1, 0.15) is 5.75 Å². The topological polar surface area (TPSA) is 38.3 Å². The Labute approximate surface area is 145 Å². The first kappa shape index (κ1) is 16.3. The van der Waals surface area contributed by atoms with Crippen LogP contribution >= 0.6 is 11.3 Å². The third-order valence-corrected chi connectivity index (χ3v) is 4.90. The summed E-state index contributed by atoms with van der Waals surface area (Å²) in [6.07, 6.45) is 0. The van der Waals surface area contributed by atoms with Crippen LogP contribution < -0.4 is 10.1 Å². The molecule has 1 aromatic heterocycles. The van der Waals surface area contributed by atoms with Crippen LogP contribution in [0.5, 0.6) is 5.75 Å². The van der Waals surface area contributed by atoms with Gasteiger partial charge in [0.2, 0.25) is 0 Å². The molecule has 1 amide bonds. The van der Waals surface area contributed by atoms with Gasteiger partial charge in [-0.1, -0.05) is 42.5 Å². The maximum Gasteiger partial charge on any atom is 0.265 e. The number of ether oxygens (including phenoxy) is 1. The Bertz CT molecular complexity index is 840. The minimum atomic E-state index is -0.113. The predicted octanol–water partition coefficient (Wildman–Crippen LogP) is 5.37. The van der Waals surface area contributed by atoms with Crippen LogP contribution in [0.3, 0.4) is 0 Å². The van der Waals surface area contributed by atoms with Crippen molar-refractivity contribution in [3.8, 4) is 16.2 Å². The molecule has 0 fully saturated rings. The van der Waals surface area contributed by atoms with Crippen LogP contribution in [-0.2, 0) is 0 Å². The van der Waals surface area contributed by atoms with Crippen molar-refractivity contribution in [1.82, 2.24) is 0 Å². The average molecular weight is 337 g/mol. The summed E-state index contributed by atoms with van der Waals surface area (Å²) in [5.74, 6) is 0.572. The lowest BCUT2D eigenvalue weighted by molar-refractivity contribution is 0.103. The van der Waals surface area contributed by atoms with E-state index in [9.17, 15) is 4.79 Å². The van der Waals surface area contributed by atoms with Crippen molar-refractivity contribution >= 4 is 22.9 Å². The predicted molar refractivity (Wildman–Crippen MR) is 100 cm³/mol. The Morgan fingerprint density at radius 2 is 1.79 bits per heavy atom. The molecule has 0 bridgehead atoms. The van der Waals surface area contributed by atoms with Gasteiger partial charge in [0.05, 0.1) is 17.2 Å². The van der Waals surface area contributed by atoms with Crippen LogP contribution in [0.2, 0.25) is 0 Å². The molecule has 4 heteroatoms. The zero-order valence-corrected chi connectivity index (χ0v) is 14.5. The summed E-state index contributed by atoms with van der Waals surface area (Å²) in [4.78, 5) is 14.4. The lowest BCUT2D eigenvalue weighted by Crippen LogP contribution is -2.11. The number of thiophene rings is 1. The molecule has 0 aliphatic carbocycles.